The molecule has 0 radical (unpaired) electrons. The van der Waals surface area contributed by atoms with Crippen LogP contribution >= 0.6 is 11.8 Å². The van der Waals surface area contributed by atoms with E-state index in [2.05, 4.69) is 186 Å². The Morgan fingerprint density at radius 3 is 1.98 bits per heavy atom. The van der Waals surface area contributed by atoms with Crippen LogP contribution < -0.4 is 21.1 Å². The summed E-state index contributed by atoms with van der Waals surface area (Å²) in [6.45, 7) is 0. The highest BCUT2D eigenvalue weighted by Gasteiger charge is 2.34. The number of anilines is 5. The number of hydrogen-bond acceptors (Lipinski definition) is 3. The average Bonchev–Trinajstić information content (AvgIpc) is 3.18. The number of nitrogens with one attached hydrogen (secondary N) is 1. The number of nitrogens with zero attached hydrogens (tertiary/aromatic N) is 1. The molecule has 234 valence electrons. The molecule has 4 heteroatoms. The molecule has 0 atom stereocenters. The third kappa shape index (κ3) is 4.83. The lowest BCUT2D eigenvalue weighted by atomic mass is 9.58. The van der Waals surface area contributed by atoms with Crippen molar-refractivity contribution in [1.82, 2.24) is 0 Å². The highest BCUT2D eigenvalue weighted by molar-refractivity contribution is 7.99. The second-order valence-electron chi connectivity index (χ2n) is 13.0. The molecule has 0 unspecified atom stereocenters. The van der Waals surface area contributed by atoms with Crippen molar-refractivity contribution >= 4 is 69.2 Å². The quantitative estimate of drug-likeness (QED) is 0.186. The summed E-state index contributed by atoms with van der Waals surface area (Å²) in [4.78, 5) is 5.12. The van der Waals surface area contributed by atoms with E-state index in [-0.39, 0.29) is 0 Å². The molecule has 2 nitrogen and oxygen atoms in total. The van der Waals surface area contributed by atoms with Gasteiger partial charge in [-0.05, 0) is 81.1 Å². The van der Waals surface area contributed by atoms with Crippen LogP contribution in [0.25, 0.3) is 44.2 Å². The highest BCUT2D eigenvalue weighted by Crippen LogP contribution is 2.52. The van der Waals surface area contributed by atoms with Crippen molar-refractivity contribution in [3.8, 4) is 33.4 Å². The molecular formula is C46H31BN2S. The first kappa shape index (κ1) is 29.0. The molecule has 1 N–H and O–H groups in total. The van der Waals surface area contributed by atoms with Gasteiger partial charge in [-0.25, -0.2) is 0 Å². The number of para-hydroxylation sites is 2. The summed E-state index contributed by atoms with van der Waals surface area (Å²) >= 11 is 1.88. The number of rotatable bonds is 5. The lowest BCUT2D eigenvalue weighted by Gasteiger charge is -2.40. The molecule has 50 heavy (non-hydrogen) atoms. The first-order valence-corrected chi connectivity index (χ1v) is 18.0. The fourth-order valence-electron chi connectivity index (χ4n) is 7.69. The summed E-state index contributed by atoms with van der Waals surface area (Å²) in [5, 5.41) is 6.34. The summed E-state index contributed by atoms with van der Waals surface area (Å²) in [6.07, 6.45) is 0. The summed E-state index contributed by atoms with van der Waals surface area (Å²) in [5.74, 6) is 0. The fraction of sp³-hybridized carbons (Fsp3) is 0. The van der Waals surface area contributed by atoms with Gasteiger partial charge in [-0.3, -0.25) is 0 Å². The molecular weight excluding hydrogens is 623 g/mol. The standard InChI is InChI=1S/C46H31BN2S/c1-3-12-30(13-4-1)32-22-25-35(26-23-32)48-45-36-17-8-7-16-33(36)24-27-37(45)38-28-34(31-14-5-2-6-15-31)29-41-44(38)47-39-18-11-21-43-46(39)49(41)40-19-9-10-20-42(40)50-43/h1-29,47-48H. The van der Waals surface area contributed by atoms with Crippen molar-refractivity contribution in [1.29, 1.82) is 0 Å². The molecule has 2 heterocycles. The maximum Gasteiger partial charge on any atom is 0.198 e. The van der Waals surface area contributed by atoms with Crippen LogP contribution in [0, 0.1) is 0 Å². The van der Waals surface area contributed by atoms with E-state index in [9.17, 15) is 0 Å². The van der Waals surface area contributed by atoms with Crippen LogP contribution in [0.2, 0.25) is 0 Å². The summed E-state index contributed by atoms with van der Waals surface area (Å²) in [5.41, 5.74) is 16.0. The Morgan fingerprint density at radius 2 is 1.16 bits per heavy atom. The Labute approximate surface area is 297 Å². The molecule has 10 rings (SSSR count). The van der Waals surface area contributed by atoms with Gasteiger partial charge in [0.05, 0.1) is 17.1 Å². The molecule has 8 aromatic rings. The van der Waals surface area contributed by atoms with E-state index in [1.165, 1.54) is 81.9 Å². The van der Waals surface area contributed by atoms with Crippen molar-refractivity contribution in [2.45, 2.75) is 9.79 Å². The summed E-state index contributed by atoms with van der Waals surface area (Å²) in [6, 6.07) is 64.0. The second-order valence-corrected chi connectivity index (χ2v) is 14.1. The van der Waals surface area contributed by atoms with E-state index < -0.39 is 0 Å². The van der Waals surface area contributed by atoms with Gasteiger partial charge in [-0.2, -0.15) is 0 Å². The van der Waals surface area contributed by atoms with Crippen LogP contribution in [0.3, 0.4) is 0 Å². The predicted molar refractivity (Wildman–Crippen MR) is 215 cm³/mol. The van der Waals surface area contributed by atoms with Gasteiger partial charge in [-0.15, -0.1) is 0 Å². The lowest BCUT2D eigenvalue weighted by Crippen LogP contribution is -2.42. The van der Waals surface area contributed by atoms with Crippen LogP contribution in [0.4, 0.5) is 28.4 Å². The zero-order valence-corrected chi connectivity index (χ0v) is 28.1. The van der Waals surface area contributed by atoms with Crippen LogP contribution in [-0.2, 0) is 0 Å². The lowest BCUT2D eigenvalue weighted by molar-refractivity contribution is 1.17. The zero-order valence-electron chi connectivity index (χ0n) is 27.3. The maximum atomic E-state index is 3.92. The number of fused-ring (bicyclic) bond motifs is 5. The van der Waals surface area contributed by atoms with Gasteiger partial charge in [0.2, 0.25) is 0 Å². The van der Waals surface area contributed by atoms with Crippen molar-refractivity contribution in [3.05, 3.63) is 176 Å². The maximum absolute atomic E-state index is 3.92. The molecule has 0 spiro atoms. The monoisotopic (exact) mass is 654 g/mol. The number of hydrogen-bond donors (Lipinski definition) is 1. The van der Waals surface area contributed by atoms with Crippen molar-refractivity contribution in [2.24, 2.45) is 0 Å². The molecule has 0 saturated carbocycles. The van der Waals surface area contributed by atoms with E-state index in [4.69, 9.17) is 0 Å². The van der Waals surface area contributed by atoms with Crippen LogP contribution in [0.1, 0.15) is 0 Å². The van der Waals surface area contributed by atoms with Gasteiger partial charge < -0.3 is 10.2 Å². The van der Waals surface area contributed by atoms with Gasteiger partial charge in [0.25, 0.3) is 0 Å². The van der Waals surface area contributed by atoms with E-state index >= 15 is 0 Å². The normalized spacial score (nSPS) is 12.4. The van der Waals surface area contributed by atoms with Gasteiger partial charge in [-0.1, -0.05) is 151 Å². The molecule has 8 aromatic carbocycles. The molecule has 0 bridgehead atoms. The zero-order chi connectivity index (χ0) is 33.0. The van der Waals surface area contributed by atoms with Crippen LogP contribution in [-0.4, -0.2) is 7.28 Å². The van der Waals surface area contributed by atoms with Crippen LogP contribution in [0.15, 0.2) is 186 Å². The van der Waals surface area contributed by atoms with Gasteiger partial charge >= 0.3 is 0 Å². The van der Waals surface area contributed by atoms with E-state index in [0.717, 1.165) is 18.7 Å². The first-order valence-electron chi connectivity index (χ1n) is 17.1. The predicted octanol–water partition coefficient (Wildman–Crippen LogP) is 11.2. The minimum Gasteiger partial charge on any atom is -0.355 e. The highest BCUT2D eigenvalue weighted by atomic mass is 32.2. The topological polar surface area (TPSA) is 15.3 Å². The number of benzene rings is 8. The molecule has 2 aliphatic heterocycles. The molecule has 0 aliphatic carbocycles. The Kier molecular flexibility index (Phi) is 6.88. The Hall–Kier alpha value is -5.97. The molecule has 0 aromatic heterocycles. The van der Waals surface area contributed by atoms with Crippen molar-refractivity contribution in [3.63, 3.8) is 0 Å². The van der Waals surface area contributed by atoms with E-state index in [0.29, 0.717) is 0 Å². The fourth-order valence-corrected chi connectivity index (χ4v) is 8.80. The molecule has 0 fully saturated rings. The third-order valence-corrected chi connectivity index (χ3v) is 11.2. The Morgan fingerprint density at radius 1 is 0.480 bits per heavy atom. The minimum atomic E-state index is 0.861. The first-order chi connectivity index (χ1) is 24.8. The van der Waals surface area contributed by atoms with Gasteiger partial charge in [0.1, 0.15) is 0 Å². The van der Waals surface area contributed by atoms with Gasteiger partial charge in [0, 0.05) is 32.1 Å². The second kappa shape index (κ2) is 11.9. The van der Waals surface area contributed by atoms with E-state index in [1.54, 1.807) is 0 Å². The SMILES string of the molecule is B1c2cccc3c2N(c2ccccc2S3)c2cc(-c3ccccc3)cc(-c3ccc4ccccc4c3Nc3ccc(-c4ccccc4)cc3)c21. The molecule has 0 amide bonds. The minimum absolute atomic E-state index is 0.861. The van der Waals surface area contributed by atoms with Crippen molar-refractivity contribution in [2.75, 3.05) is 10.2 Å². The molecule has 2 aliphatic rings. The van der Waals surface area contributed by atoms with Crippen LogP contribution in [0.5, 0.6) is 0 Å². The smallest absolute Gasteiger partial charge is 0.198 e. The van der Waals surface area contributed by atoms with Crippen molar-refractivity contribution < 1.29 is 0 Å². The average molecular weight is 655 g/mol. The Balaban J connectivity index is 1.21. The van der Waals surface area contributed by atoms with E-state index in [1.807, 2.05) is 11.8 Å². The largest absolute Gasteiger partial charge is 0.355 e. The summed E-state index contributed by atoms with van der Waals surface area (Å²) < 4.78 is 0. The molecule has 0 saturated heterocycles. The summed E-state index contributed by atoms with van der Waals surface area (Å²) in [7, 11) is 0.861. The van der Waals surface area contributed by atoms with Gasteiger partial charge in [0.15, 0.2) is 7.28 Å². The third-order valence-electron chi connectivity index (χ3n) is 10.1. The Bertz CT molecular complexity index is 2560.